The standard InChI is InChI=1S/C20H18ClF3N4OS/c1-2-10-28-18(13-6-4-3-5-7-13)26-27-19(28)30-12-17(29)25-16-11-14(20(22,23)24)8-9-15(16)21/h3-9,11H,2,10,12H2,1H3,(H,25,29). The normalized spacial score (nSPS) is 11.5. The van der Waals surface area contributed by atoms with Gasteiger partial charge in [0.25, 0.3) is 0 Å². The molecule has 2 aromatic carbocycles. The van der Waals surface area contributed by atoms with Crippen molar-refractivity contribution in [2.45, 2.75) is 31.2 Å². The molecule has 0 aliphatic heterocycles. The summed E-state index contributed by atoms with van der Waals surface area (Å²) >= 11 is 7.09. The maximum Gasteiger partial charge on any atom is 0.416 e. The molecule has 0 radical (unpaired) electrons. The number of alkyl halides is 3. The van der Waals surface area contributed by atoms with Gasteiger partial charge in [-0.2, -0.15) is 13.2 Å². The Morgan fingerprint density at radius 3 is 2.57 bits per heavy atom. The zero-order valence-corrected chi connectivity index (χ0v) is 17.5. The number of carbonyl (C=O) groups excluding carboxylic acids is 1. The Morgan fingerprint density at radius 1 is 1.17 bits per heavy atom. The van der Waals surface area contributed by atoms with Crippen LogP contribution >= 0.6 is 23.4 Å². The molecule has 158 valence electrons. The van der Waals surface area contributed by atoms with E-state index < -0.39 is 17.6 Å². The Kier molecular flexibility index (Phi) is 7.04. The van der Waals surface area contributed by atoms with Gasteiger partial charge in [0.2, 0.25) is 5.91 Å². The molecule has 0 spiro atoms. The summed E-state index contributed by atoms with van der Waals surface area (Å²) in [6.07, 6.45) is -3.68. The number of halogens is 4. The summed E-state index contributed by atoms with van der Waals surface area (Å²) < 4.78 is 40.6. The minimum absolute atomic E-state index is 0.0295. The molecule has 1 heterocycles. The first-order valence-corrected chi connectivity index (χ1v) is 10.4. The molecule has 10 heteroatoms. The number of carbonyl (C=O) groups is 1. The van der Waals surface area contributed by atoms with Crippen LogP contribution in [0.25, 0.3) is 11.4 Å². The van der Waals surface area contributed by atoms with Gasteiger partial charge in [-0.05, 0) is 24.6 Å². The lowest BCUT2D eigenvalue weighted by Crippen LogP contribution is -2.16. The minimum Gasteiger partial charge on any atom is -0.324 e. The zero-order valence-electron chi connectivity index (χ0n) is 15.9. The van der Waals surface area contributed by atoms with Crippen molar-refractivity contribution in [2.75, 3.05) is 11.1 Å². The molecule has 3 aromatic rings. The van der Waals surface area contributed by atoms with E-state index in [0.717, 1.165) is 41.9 Å². The monoisotopic (exact) mass is 454 g/mol. The second kappa shape index (κ2) is 9.53. The summed E-state index contributed by atoms with van der Waals surface area (Å²) in [4.78, 5) is 12.3. The average molecular weight is 455 g/mol. The number of nitrogens with one attached hydrogen (secondary N) is 1. The van der Waals surface area contributed by atoms with Crippen molar-refractivity contribution >= 4 is 35.0 Å². The highest BCUT2D eigenvalue weighted by Crippen LogP contribution is 2.34. The summed E-state index contributed by atoms with van der Waals surface area (Å²) in [5.74, 6) is 0.151. The van der Waals surface area contributed by atoms with Crippen LogP contribution in [0.15, 0.2) is 53.7 Å². The van der Waals surface area contributed by atoms with Crippen LogP contribution in [0.3, 0.4) is 0 Å². The van der Waals surface area contributed by atoms with E-state index >= 15 is 0 Å². The lowest BCUT2D eigenvalue weighted by Gasteiger charge is -2.12. The van der Waals surface area contributed by atoms with Gasteiger partial charge in [0, 0.05) is 12.1 Å². The van der Waals surface area contributed by atoms with E-state index in [1.807, 2.05) is 41.8 Å². The zero-order chi connectivity index (χ0) is 21.7. The van der Waals surface area contributed by atoms with Gasteiger partial charge in [-0.25, -0.2) is 0 Å². The minimum atomic E-state index is -4.52. The molecule has 0 unspecified atom stereocenters. The molecule has 30 heavy (non-hydrogen) atoms. The number of rotatable bonds is 7. The fraction of sp³-hybridized carbons (Fsp3) is 0.250. The third-order valence-corrected chi connectivity index (χ3v) is 5.39. The van der Waals surface area contributed by atoms with Crippen LogP contribution in [0, 0.1) is 0 Å². The Hall–Kier alpha value is -2.52. The number of hydrogen-bond donors (Lipinski definition) is 1. The number of benzene rings is 2. The molecule has 0 saturated heterocycles. The number of aromatic nitrogens is 3. The lowest BCUT2D eigenvalue weighted by molar-refractivity contribution is -0.137. The predicted octanol–water partition coefficient (Wildman–Crippen LogP) is 5.76. The largest absolute Gasteiger partial charge is 0.416 e. The van der Waals surface area contributed by atoms with E-state index in [-0.39, 0.29) is 16.5 Å². The molecule has 1 aromatic heterocycles. The van der Waals surface area contributed by atoms with Crippen LogP contribution in [-0.2, 0) is 17.5 Å². The van der Waals surface area contributed by atoms with Crippen molar-refractivity contribution < 1.29 is 18.0 Å². The maximum absolute atomic E-state index is 12.9. The van der Waals surface area contributed by atoms with Crippen LogP contribution < -0.4 is 5.32 Å². The van der Waals surface area contributed by atoms with Crippen LogP contribution in [0.1, 0.15) is 18.9 Å². The molecule has 5 nitrogen and oxygen atoms in total. The number of anilines is 1. The second-order valence-electron chi connectivity index (χ2n) is 6.35. The van der Waals surface area contributed by atoms with Crippen LogP contribution in [0.4, 0.5) is 18.9 Å². The highest BCUT2D eigenvalue weighted by molar-refractivity contribution is 7.99. The molecule has 0 atom stereocenters. The predicted molar refractivity (Wildman–Crippen MR) is 112 cm³/mol. The molecule has 0 saturated carbocycles. The summed E-state index contributed by atoms with van der Waals surface area (Å²) in [6.45, 7) is 2.69. The van der Waals surface area contributed by atoms with Gasteiger partial charge >= 0.3 is 6.18 Å². The molecular formula is C20H18ClF3N4OS. The Labute approximate surface area is 180 Å². The summed E-state index contributed by atoms with van der Waals surface area (Å²) in [6, 6.07) is 12.3. The molecule has 1 N–H and O–H groups in total. The number of amides is 1. The SMILES string of the molecule is CCCn1c(SCC(=O)Nc2cc(C(F)(F)F)ccc2Cl)nnc1-c1ccccc1. The molecule has 1 amide bonds. The smallest absolute Gasteiger partial charge is 0.324 e. The van der Waals surface area contributed by atoms with Gasteiger partial charge in [-0.1, -0.05) is 60.6 Å². The van der Waals surface area contributed by atoms with Crippen molar-refractivity contribution in [3.8, 4) is 11.4 Å². The first-order valence-electron chi connectivity index (χ1n) is 9.07. The van der Waals surface area contributed by atoms with E-state index in [1.54, 1.807) is 0 Å². The van der Waals surface area contributed by atoms with E-state index in [4.69, 9.17) is 11.6 Å². The highest BCUT2D eigenvalue weighted by Gasteiger charge is 2.31. The van der Waals surface area contributed by atoms with Crippen molar-refractivity contribution in [1.29, 1.82) is 0 Å². The third kappa shape index (κ3) is 5.34. The molecular weight excluding hydrogens is 437 g/mol. The van der Waals surface area contributed by atoms with Gasteiger partial charge in [-0.3, -0.25) is 4.79 Å². The van der Waals surface area contributed by atoms with E-state index in [0.29, 0.717) is 17.5 Å². The van der Waals surface area contributed by atoms with Crippen LogP contribution in [0.5, 0.6) is 0 Å². The number of thioether (sulfide) groups is 1. The van der Waals surface area contributed by atoms with E-state index in [1.165, 1.54) is 0 Å². The van der Waals surface area contributed by atoms with Crippen molar-refractivity contribution in [2.24, 2.45) is 0 Å². The Balaban J connectivity index is 1.72. The lowest BCUT2D eigenvalue weighted by atomic mass is 10.2. The average Bonchev–Trinajstić information content (AvgIpc) is 3.11. The van der Waals surface area contributed by atoms with Crippen molar-refractivity contribution in [1.82, 2.24) is 14.8 Å². The third-order valence-electron chi connectivity index (χ3n) is 4.10. The Morgan fingerprint density at radius 2 is 1.90 bits per heavy atom. The van der Waals surface area contributed by atoms with Crippen LogP contribution in [-0.4, -0.2) is 26.4 Å². The van der Waals surface area contributed by atoms with Gasteiger partial charge in [0.05, 0.1) is 22.0 Å². The molecule has 0 bridgehead atoms. The summed E-state index contributed by atoms with van der Waals surface area (Å²) in [5, 5.41) is 11.4. The van der Waals surface area contributed by atoms with Gasteiger partial charge in [0.1, 0.15) is 0 Å². The Bertz CT molecular complexity index is 1020. The molecule has 0 aliphatic rings. The molecule has 0 fully saturated rings. The summed E-state index contributed by atoms with van der Waals surface area (Å²) in [7, 11) is 0. The first kappa shape index (κ1) is 22.2. The second-order valence-corrected chi connectivity index (χ2v) is 7.70. The van der Waals surface area contributed by atoms with E-state index in [2.05, 4.69) is 15.5 Å². The fourth-order valence-electron chi connectivity index (χ4n) is 2.74. The summed E-state index contributed by atoms with van der Waals surface area (Å²) in [5.41, 5.74) is -0.0624. The molecule has 3 rings (SSSR count). The van der Waals surface area contributed by atoms with Gasteiger partial charge in [0.15, 0.2) is 11.0 Å². The van der Waals surface area contributed by atoms with Crippen molar-refractivity contribution in [3.05, 3.63) is 59.1 Å². The maximum atomic E-state index is 12.9. The highest BCUT2D eigenvalue weighted by atomic mass is 35.5. The van der Waals surface area contributed by atoms with Crippen LogP contribution in [0.2, 0.25) is 5.02 Å². The number of nitrogens with zero attached hydrogens (tertiary/aromatic N) is 3. The molecule has 0 aliphatic carbocycles. The first-order chi connectivity index (χ1) is 14.3. The van der Waals surface area contributed by atoms with Gasteiger partial charge in [-0.15, -0.1) is 10.2 Å². The number of hydrogen-bond acceptors (Lipinski definition) is 4. The topological polar surface area (TPSA) is 59.8 Å². The quantitative estimate of drug-likeness (QED) is 0.461. The van der Waals surface area contributed by atoms with Crippen molar-refractivity contribution in [3.63, 3.8) is 0 Å². The van der Waals surface area contributed by atoms with E-state index in [9.17, 15) is 18.0 Å². The van der Waals surface area contributed by atoms with Gasteiger partial charge < -0.3 is 9.88 Å². The fourth-order valence-corrected chi connectivity index (χ4v) is 3.66.